The summed E-state index contributed by atoms with van der Waals surface area (Å²) < 4.78 is 18.0. The van der Waals surface area contributed by atoms with E-state index >= 15 is 0 Å². The molecule has 0 N–H and O–H groups in total. The molecular weight excluding hydrogens is 687 g/mol. The van der Waals surface area contributed by atoms with E-state index < -0.39 is 0 Å². The van der Waals surface area contributed by atoms with Crippen molar-refractivity contribution in [2.24, 2.45) is 0 Å². The maximum atomic E-state index is 6.56. The molecule has 4 heterocycles. The summed E-state index contributed by atoms with van der Waals surface area (Å²) in [6.07, 6.45) is 0. The molecule has 0 bridgehead atoms. The van der Waals surface area contributed by atoms with E-state index in [2.05, 4.69) is 150 Å². The third-order valence-corrected chi connectivity index (χ3v) is 12.9. The van der Waals surface area contributed by atoms with E-state index in [1.54, 1.807) is 0 Å². The SMILES string of the molecule is c1ccc2c(c1)oc1cc(N(c3ccc(-c4cccc5sc6ccc7c8ccccc8oc7c6c45)cc3)c3ccc4c(c3)sc3ccccc34)ccc12. The van der Waals surface area contributed by atoms with Gasteiger partial charge in [-0.05, 0) is 83.9 Å². The lowest BCUT2D eigenvalue weighted by Crippen LogP contribution is -2.09. The molecule has 3 nitrogen and oxygen atoms in total. The van der Waals surface area contributed by atoms with Crippen LogP contribution < -0.4 is 4.90 Å². The predicted molar refractivity (Wildman–Crippen MR) is 227 cm³/mol. The Hall–Kier alpha value is -6.40. The third kappa shape index (κ3) is 4.32. The van der Waals surface area contributed by atoms with E-state index in [0.29, 0.717) is 0 Å². The Bertz CT molecular complexity index is 3300. The van der Waals surface area contributed by atoms with Crippen LogP contribution in [0.1, 0.15) is 0 Å². The van der Waals surface area contributed by atoms with Crippen LogP contribution in [0, 0.1) is 0 Å². The molecule has 0 aliphatic heterocycles. The molecule has 53 heavy (non-hydrogen) atoms. The smallest absolute Gasteiger partial charge is 0.144 e. The van der Waals surface area contributed by atoms with Gasteiger partial charge in [0.15, 0.2) is 0 Å². The maximum absolute atomic E-state index is 6.56. The summed E-state index contributed by atoms with van der Waals surface area (Å²) in [4.78, 5) is 2.35. The van der Waals surface area contributed by atoms with Crippen molar-refractivity contribution in [2.45, 2.75) is 0 Å². The fourth-order valence-electron chi connectivity index (χ4n) is 8.27. The van der Waals surface area contributed by atoms with Crippen LogP contribution in [-0.2, 0) is 0 Å². The molecule has 0 radical (unpaired) electrons. The molecule has 5 heteroatoms. The van der Waals surface area contributed by atoms with Crippen molar-refractivity contribution in [1.82, 2.24) is 0 Å². The summed E-state index contributed by atoms with van der Waals surface area (Å²) in [5, 5.41) is 9.58. The Morgan fingerprint density at radius 3 is 1.79 bits per heavy atom. The second kappa shape index (κ2) is 11.1. The molecule has 248 valence electrons. The Kier molecular flexibility index (Phi) is 6.09. The zero-order valence-corrected chi connectivity index (χ0v) is 29.8. The van der Waals surface area contributed by atoms with Crippen LogP contribution in [0.3, 0.4) is 0 Å². The molecule has 8 aromatic carbocycles. The summed E-state index contributed by atoms with van der Waals surface area (Å²) in [6.45, 7) is 0. The van der Waals surface area contributed by atoms with E-state index in [-0.39, 0.29) is 0 Å². The van der Waals surface area contributed by atoms with Gasteiger partial charge in [0.05, 0.1) is 0 Å². The van der Waals surface area contributed by atoms with Gasteiger partial charge in [-0.15, -0.1) is 22.7 Å². The number of nitrogens with zero attached hydrogens (tertiary/aromatic N) is 1. The molecule has 0 aliphatic rings. The van der Waals surface area contributed by atoms with E-state index in [1.165, 1.54) is 51.5 Å². The van der Waals surface area contributed by atoms with E-state index in [9.17, 15) is 0 Å². The first-order valence-electron chi connectivity index (χ1n) is 17.7. The first kappa shape index (κ1) is 29.2. The first-order chi connectivity index (χ1) is 26.2. The van der Waals surface area contributed by atoms with Gasteiger partial charge in [0.1, 0.15) is 22.3 Å². The molecule has 4 aromatic heterocycles. The summed E-state index contributed by atoms with van der Waals surface area (Å²) in [6, 6.07) is 58.8. The van der Waals surface area contributed by atoms with Gasteiger partial charge in [0.2, 0.25) is 0 Å². The number of hydrogen-bond donors (Lipinski definition) is 0. The summed E-state index contributed by atoms with van der Waals surface area (Å²) >= 11 is 3.67. The molecule has 12 aromatic rings. The number of thiophene rings is 2. The highest BCUT2D eigenvalue weighted by molar-refractivity contribution is 7.26. The quantitative estimate of drug-likeness (QED) is 0.182. The molecule has 0 unspecified atom stereocenters. The van der Waals surface area contributed by atoms with Crippen molar-refractivity contribution in [1.29, 1.82) is 0 Å². The molecule has 12 rings (SSSR count). The highest BCUT2D eigenvalue weighted by atomic mass is 32.1. The predicted octanol–water partition coefficient (Wildman–Crippen LogP) is 15.4. The number of benzene rings is 8. The van der Waals surface area contributed by atoms with Crippen molar-refractivity contribution < 1.29 is 8.83 Å². The van der Waals surface area contributed by atoms with Crippen LogP contribution in [0.2, 0.25) is 0 Å². The lowest BCUT2D eigenvalue weighted by Gasteiger charge is -2.26. The molecule has 0 aliphatic carbocycles. The molecular formula is C48H27NO2S2. The van der Waals surface area contributed by atoms with Crippen LogP contribution >= 0.6 is 22.7 Å². The standard InChI is InChI=1S/C48H27NO2S2/c1-4-12-39-33(8-1)35-22-20-30(26-41(35)50-39)49(31-21-23-37-36-10-3-6-14-42(36)52-45(37)27-31)29-18-16-28(17-19-29)32-11-7-15-43-46(32)47-44(53-43)25-24-38-34-9-2-5-13-40(34)51-48(38)47/h1-27H. The number of rotatable bonds is 4. The van der Waals surface area contributed by atoms with Crippen LogP contribution in [-0.4, -0.2) is 0 Å². The maximum Gasteiger partial charge on any atom is 0.144 e. The fourth-order valence-corrected chi connectivity index (χ4v) is 10.5. The molecule has 0 saturated carbocycles. The fraction of sp³-hybridized carbons (Fsp3) is 0. The monoisotopic (exact) mass is 713 g/mol. The van der Waals surface area contributed by atoms with Gasteiger partial charge in [-0.25, -0.2) is 0 Å². The highest BCUT2D eigenvalue weighted by Gasteiger charge is 2.20. The van der Waals surface area contributed by atoms with E-state index in [1.807, 2.05) is 40.9 Å². The third-order valence-electron chi connectivity index (χ3n) is 10.7. The number of furan rings is 2. The molecule has 0 fully saturated rings. The zero-order valence-electron chi connectivity index (χ0n) is 28.2. The van der Waals surface area contributed by atoms with E-state index in [0.717, 1.165) is 60.9 Å². The average Bonchev–Trinajstić information content (AvgIpc) is 3.97. The Balaban J connectivity index is 1.04. The van der Waals surface area contributed by atoms with Gasteiger partial charge in [-0.3, -0.25) is 0 Å². The zero-order chi connectivity index (χ0) is 34.6. The van der Waals surface area contributed by atoms with Crippen molar-refractivity contribution in [3.63, 3.8) is 0 Å². The van der Waals surface area contributed by atoms with E-state index in [4.69, 9.17) is 8.83 Å². The van der Waals surface area contributed by atoms with Gasteiger partial charge in [-0.2, -0.15) is 0 Å². The topological polar surface area (TPSA) is 29.5 Å². The molecule has 0 saturated heterocycles. The van der Waals surface area contributed by atoms with Gasteiger partial charge >= 0.3 is 0 Å². The number of anilines is 3. The lowest BCUT2D eigenvalue weighted by molar-refractivity contribution is 0.669. The first-order valence-corrected chi connectivity index (χ1v) is 19.4. The normalized spacial score (nSPS) is 12.2. The average molecular weight is 714 g/mol. The van der Waals surface area contributed by atoms with Gasteiger partial charge in [0, 0.05) is 85.0 Å². The van der Waals surface area contributed by atoms with Crippen LogP contribution in [0.25, 0.3) is 95.3 Å². The summed E-state index contributed by atoms with van der Waals surface area (Å²) in [5.41, 5.74) is 9.25. The van der Waals surface area contributed by atoms with Crippen LogP contribution in [0.15, 0.2) is 173 Å². The van der Waals surface area contributed by atoms with Gasteiger partial charge < -0.3 is 13.7 Å². The van der Waals surface area contributed by atoms with Gasteiger partial charge in [0.25, 0.3) is 0 Å². The highest BCUT2D eigenvalue weighted by Crippen LogP contribution is 2.47. The van der Waals surface area contributed by atoms with Gasteiger partial charge in [-0.1, -0.05) is 84.9 Å². The minimum Gasteiger partial charge on any atom is -0.456 e. The summed E-state index contributed by atoms with van der Waals surface area (Å²) in [7, 11) is 0. The molecule has 0 atom stereocenters. The minimum atomic E-state index is 0.876. The molecule has 0 spiro atoms. The van der Waals surface area contributed by atoms with Crippen molar-refractivity contribution in [3.05, 3.63) is 164 Å². The van der Waals surface area contributed by atoms with Crippen LogP contribution in [0.5, 0.6) is 0 Å². The number of fused-ring (bicyclic) bond motifs is 13. The van der Waals surface area contributed by atoms with Crippen molar-refractivity contribution in [2.75, 3.05) is 4.90 Å². The number of para-hydroxylation sites is 2. The second-order valence-electron chi connectivity index (χ2n) is 13.6. The Morgan fingerprint density at radius 1 is 0.358 bits per heavy atom. The molecule has 0 amide bonds. The summed E-state index contributed by atoms with van der Waals surface area (Å²) in [5.74, 6) is 0. The second-order valence-corrected chi connectivity index (χ2v) is 15.8. The lowest BCUT2D eigenvalue weighted by atomic mass is 9.98. The van der Waals surface area contributed by atoms with Crippen molar-refractivity contribution >= 4 is 124 Å². The van der Waals surface area contributed by atoms with Crippen LogP contribution in [0.4, 0.5) is 17.1 Å². The minimum absolute atomic E-state index is 0.876. The Labute approximate surface area is 311 Å². The Morgan fingerprint density at radius 2 is 0.943 bits per heavy atom. The van der Waals surface area contributed by atoms with Crippen molar-refractivity contribution in [3.8, 4) is 11.1 Å². The number of hydrogen-bond acceptors (Lipinski definition) is 5. The largest absolute Gasteiger partial charge is 0.456 e.